The van der Waals surface area contributed by atoms with E-state index in [0.29, 0.717) is 22.7 Å². The van der Waals surface area contributed by atoms with Crippen molar-refractivity contribution in [3.8, 4) is 56.4 Å². The van der Waals surface area contributed by atoms with E-state index < -0.39 is 6.85 Å². The third-order valence-corrected chi connectivity index (χ3v) is 15.7. The van der Waals surface area contributed by atoms with Crippen molar-refractivity contribution >= 4 is 46.4 Å². The second-order valence-corrected chi connectivity index (χ2v) is 22.8. The summed E-state index contributed by atoms with van der Waals surface area (Å²) in [6.45, 7) is 11.0. The molecule has 0 unspecified atom stereocenters. The molecule has 0 aliphatic carbocycles. The fourth-order valence-electron chi connectivity index (χ4n) is 10.7. The van der Waals surface area contributed by atoms with Crippen molar-refractivity contribution < 1.29 is 28.2 Å². The maximum atomic E-state index is 8.66. The van der Waals surface area contributed by atoms with E-state index in [1.54, 1.807) is 12.1 Å². The number of hydrogen-bond donors (Lipinski definition) is 0. The number of aryl methyl sites for hydroxylation is 1. The van der Waals surface area contributed by atoms with Gasteiger partial charge in [-0.05, 0) is 18.2 Å². The minimum atomic E-state index is -2.40. The van der Waals surface area contributed by atoms with Crippen LogP contribution in [-0.4, -0.2) is 21.1 Å². The zero-order valence-corrected chi connectivity index (χ0v) is 46.3. The first-order valence-corrected chi connectivity index (χ1v) is 27.4. The normalized spacial score (nSPS) is 13.4. The molecule has 3 heterocycles. The predicted molar refractivity (Wildman–Crippen MR) is 318 cm³/mol. The molecule has 2 aromatic heterocycles. The molecule has 380 valence electrons. The summed E-state index contributed by atoms with van der Waals surface area (Å²) in [6, 6.07) is 81.6. The Labute approximate surface area is 468 Å². The number of aromatic nitrogens is 3. The first kappa shape index (κ1) is 46.1. The van der Waals surface area contributed by atoms with Crippen LogP contribution in [0.1, 0.15) is 62.3 Å². The van der Waals surface area contributed by atoms with Gasteiger partial charge in [-0.3, -0.25) is 0 Å². The number of anilines is 4. The number of nitrogens with zero attached hydrogens (tertiary/aromatic N) is 5. The van der Waals surface area contributed by atoms with Crippen molar-refractivity contribution in [3.63, 3.8) is 0 Å². The van der Waals surface area contributed by atoms with E-state index in [1.807, 2.05) is 48.5 Å². The van der Waals surface area contributed by atoms with E-state index in [1.165, 1.54) is 11.1 Å². The number of imidazole rings is 1. The average Bonchev–Trinajstić information content (AvgIpc) is 3.66. The van der Waals surface area contributed by atoms with Crippen molar-refractivity contribution in [3.05, 3.63) is 257 Å². The quantitative estimate of drug-likeness (QED) is 0.128. The molecular formula is C69H60BN5OPt. The molecule has 9 aromatic carbocycles. The molecule has 0 N–H and O–H groups in total. The molecule has 1 aliphatic heterocycles. The maximum absolute atomic E-state index is 8.66. The summed E-state index contributed by atoms with van der Waals surface area (Å²) in [5.41, 5.74) is 16.3. The van der Waals surface area contributed by atoms with E-state index in [4.69, 9.17) is 13.8 Å². The summed E-state index contributed by atoms with van der Waals surface area (Å²) >= 11 is 2.50. The molecule has 6 nitrogen and oxygen atoms in total. The zero-order chi connectivity index (χ0) is 55.5. The Bertz CT molecular complexity index is 4170. The molecule has 0 fully saturated rings. The number of pyridine rings is 1. The van der Waals surface area contributed by atoms with Crippen LogP contribution in [0, 0.1) is 10.7 Å². The summed E-state index contributed by atoms with van der Waals surface area (Å²) in [6.07, 6.45) is 0. The van der Waals surface area contributed by atoms with Gasteiger partial charge >= 0.3 is 386 Å². The Morgan fingerprint density at radius 3 is 1.74 bits per heavy atom. The van der Waals surface area contributed by atoms with E-state index in [9.17, 15) is 0 Å². The molecular weight excluding hydrogens is 1120 g/mol. The first-order valence-electron chi connectivity index (χ1n) is 27.7. The van der Waals surface area contributed by atoms with E-state index >= 15 is 0 Å². The topological polar surface area (TPSA) is 38.5 Å². The summed E-state index contributed by atoms with van der Waals surface area (Å²) in [5, 5.41) is 0. The summed E-state index contributed by atoms with van der Waals surface area (Å²) in [7, 11) is 0. The molecule has 12 rings (SSSR count). The van der Waals surface area contributed by atoms with Crippen molar-refractivity contribution in [2.75, 3.05) is 9.62 Å². The van der Waals surface area contributed by atoms with E-state index in [2.05, 4.69) is 256 Å². The molecule has 1 aliphatic rings. The SMILES string of the molecule is [2H]C([2H])([2H])c1ccccc1-c1ccc(N2B(c3ccccc3)N(c3ccccc3)c3ccccc32)nc1Oc1cccc(-n2[c](=[Pt])n(-c3c(-c4ccccc4)cc(C(C)(C)C)cc3-c3cccc(C(C)(C)C)c3)c3ccccc32)c1. The first-order chi connectivity index (χ1) is 38.5. The molecule has 0 amide bonds. The van der Waals surface area contributed by atoms with Gasteiger partial charge in [-0.2, -0.15) is 0 Å². The van der Waals surface area contributed by atoms with Crippen LogP contribution in [0.4, 0.5) is 22.9 Å². The number of rotatable bonds is 10. The second kappa shape index (κ2) is 20.0. The Morgan fingerprint density at radius 2 is 1.04 bits per heavy atom. The second-order valence-electron chi connectivity index (χ2n) is 21.8. The van der Waals surface area contributed by atoms with Crippen LogP contribution < -0.4 is 19.8 Å². The van der Waals surface area contributed by atoms with Gasteiger partial charge in [-0.25, -0.2) is 0 Å². The van der Waals surface area contributed by atoms with Crippen molar-refractivity contribution in [1.82, 2.24) is 14.1 Å². The number of hydrogen-bond acceptors (Lipinski definition) is 4. The van der Waals surface area contributed by atoms with E-state index in [0.717, 1.165) is 71.0 Å². The summed E-state index contributed by atoms with van der Waals surface area (Å²) in [5.74, 6) is 1.44. The van der Waals surface area contributed by atoms with Gasteiger partial charge in [0.05, 0.1) is 0 Å². The van der Waals surface area contributed by atoms with Gasteiger partial charge < -0.3 is 0 Å². The van der Waals surface area contributed by atoms with E-state index in [-0.39, 0.29) is 29.3 Å². The van der Waals surface area contributed by atoms with Gasteiger partial charge in [-0.1, -0.05) is 60.7 Å². The van der Waals surface area contributed by atoms with Gasteiger partial charge in [0.25, 0.3) is 0 Å². The fourth-order valence-corrected chi connectivity index (χ4v) is 11.8. The van der Waals surface area contributed by atoms with Gasteiger partial charge in [0.2, 0.25) is 0 Å². The number of benzene rings is 9. The van der Waals surface area contributed by atoms with Crippen molar-refractivity contribution in [1.29, 1.82) is 0 Å². The van der Waals surface area contributed by atoms with Gasteiger partial charge in [0, 0.05) is 5.69 Å². The molecule has 0 bridgehead atoms. The average molecular weight is 1180 g/mol. The van der Waals surface area contributed by atoms with Gasteiger partial charge in [-0.15, -0.1) is 0 Å². The third kappa shape index (κ3) is 9.27. The van der Waals surface area contributed by atoms with Crippen LogP contribution in [0.25, 0.3) is 55.8 Å². The Morgan fingerprint density at radius 1 is 0.468 bits per heavy atom. The van der Waals surface area contributed by atoms with Crippen molar-refractivity contribution in [2.24, 2.45) is 0 Å². The third-order valence-electron chi connectivity index (χ3n) is 14.7. The van der Waals surface area contributed by atoms with Crippen LogP contribution in [-0.2, 0) is 30.2 Å². The molecule has 0 saturated carbocycles. The molecule has 77 heavy (non-hydrogen) atoms. The predicted octanol–water partition coefficient (Wildman–Crippen LogP) is 17.3. The van der Waals surface area contributed by atoms with Crippen LogP contribution in [0.2, 0.25) is 0 Å². The minimum absolute atomic E-state index is 0.0604. The number of fused-ring (bicyclic) bond motifs is 2. The van der Waals surface area contributed by atoms with Crippen LogP contribution >= 0.6 is 0 Å². The molecule has 11 aromatic rings. The molecule has 0 spiro atoms. The molecule has 0 saturated heterocycles. The Hall–Kier alpha value is -8.25. The number of ether oxygens (including phenoxy) is 1. The molecule has 8 heteroatoms. The van der Waals surface area contributed by atoms with Gasteiger partial charge in [0.15, 0.2) is 0 Å². The Balaban J connectivity index is 1.05. The molecule has 0 radical (unpaired) electrons. The van der Waals surface area contributed by atoms with Gasteiger partial charge in [0.1, 0.15) is 0 Å². The van der Waals surface area contributed by atoms with Crippen molar-refractivity contribution in [2.45, 2.75) is 59.2 Å². The summed E-state index contributed by atoms with van der Waals surface area (Å²) < 4.78 is 38.8. The van der Waals surface area contributed by atoms with Crippen LogP contribution in [0.15, 0.2) is 237 Å². The van der Waals surface area contributed by atoms with Crippen LogP contribution in [0.3, 0.4) is 0 Å². The number of para-hydroxylation sites is 5. The fraction of sp³-hybridized carbons (Fsp3) is 0.130. The monoisotopic (exact) mass is 1180 g/mol. The Kier molecular flexibility index (Phi) is 12.0. The molecule has 0 atom stereocenters. The summed E-state index contributed by atoms with van der Waals surface area (Å²) in [4.78, 5) is 10.1. The zero-order valence-electron chi connectivity index (χ0n) is 47.1. The van der Waals surface area contributed by atoms with Crippen LogP contribution in [0.5, 0.6) is 11.6 Å². The standard InChI is InChI=1S/C69H60BN5O.Pt/c1-48-25-17-18-36-57(48)58-41-42-65(75-64-40-22-21-39-63(64)74(54-32-15-10-16-33-54)70(75)53-30-13-9-14-31-53)71-67(58)76-56-35-24-34-55(46-56)72-47-73(62-38-20-19-37-61(62)72)66-59(49-26-11-8-12-27-49)44-52(69(5,6)7)45-60(66)50-28-23-29-51(43-50)68(2,3)4;/h8-46H,1-7H3;/i1D3;.